The molecule has 2 heteroatoms. The van der Waals surface area contributed by atoms with Crippen LogP contribution in [-0.2, 0) is 0 Å². The van der Waals surface area contributed by atoms with Crippen molar-refractivity contribution >= 4 is 0 Å². The third kappa shape index (κ3) is 29.8. The number of allylic oxidation sites excluding steroid dienone is 2. The third-order valence-electron chi connectivity index (χ3n) is 7.43. The summed E-state index contributed by atoms with van der Waals surface area (Å²) in [6, 6.07) is 0. The van der Waals surface area contributed by atoms with Gasteiger partial charge in [-0.1, -0.05) is 135 Å². The number of rotatable bonds is 29. The Hall–Kier alpha value is -0.340. The Morgan fingerprint density at radius 1 is 0.371 bits per heavy atom. The van der Waals surface area contributed by atoms with E-state index >= 15 is 0 Å². The number of nitrogens with zero attached hydrogens (tertiary/aromatic N) is 2. The van der Waals surface area contributed by atoms with Gasteiger partial charge in [0.25, 0.3) is 0 Å². The average Bonchev–Trinajstić information content (AvgIpc) is 2.85. The van der Waals surface area contributed by atoms with E-state index in [1.807, 2.05) is 0 Å². The molecule has 0 aromatic carbocycles. The lowest BCUT2D eigenvalue weighted by Gasteiger charge is -2.24. The van der Waals surface area contributed by atoms with Gasteiger partial charge in [-0.3, -0.25) is 0 Å². The molecule has 0 spiro atoms. The molecule has 0 aromatic heterocycles. The fourth-order valence-corrected chi connectivity index (χ4v) is 4.91. The monoisotopic (exact) mass is 493 g/mol. The molecule has 0 saturated carbocycles. The van der Waals surface area contributed by atoms with Gasteiger partial charge < -0.3 is 9.80 Å². The highest BCUT2D eigenvalue weighted by Gasteiger charge is 2.05. The van der Waals surface area contributed by atoms with Crippen molar-refractivity contribution in [1.82, 2.24) is 9.80 Å². The van der Waals surface area contributed by atoms with Gasteiger partial charge in [0.05, 0.1) is 0 Å². The van der Waals surface area contributed by atoms with Crippen molar-refractivity contribution in [2.24, 2.45) is 0 Å². The summed E-state index contributed by atoms with van der Waals surface area (Å²) >= 11 is 0. The van der Waals surface area contributed by atoms with Gasteiger partial charge in [0.2, 0.25) is 0 Å². The average molecular weight is 493 g/mol. The van der Waals surface area contributed by atoms with E-state index in [0.717, 1.165) is 0 Å². The molecule has 0 aliphatic rings. The highest BCUT2D eigenvalue weighted by molar-refractivity contribution is 4.81. The van der Waals surface area contributed by atoms with Gasteiger partial charge in [-0.25, -0.2) is 0 Å². The molecular weight excluding hydrogens is 424 g/mol. The first-order valence-electron chi connectivity index (χ1n) is 16.2. The molecule has 0 saturated heterocycles. The highest BCUT2D eigenvalue weighted by Crippen LogP contribution is 2.12. The molecule has 0 N–H and O–H groups in total. The van der Waals surface area contributed by atoms with Crippen LogP contribution in [0.4, 0.5) is 0 Å². The van der Waals surface area contributed by atoms with Gasteiger partial charge in [-0.15, -0.1) is 0 Å². The van der Waals surface area contributed by atoms with Crippen LogP contribution in [0.3, 0.4) is 0 Å². The minimum absolute atomic E-state index is 1.20. The zero-order valence-corrected chi connectivity index (χ0v) is 25.1. The van der Waals surface area contributed by atoms with Crippen LogP contribution in [0, 0.1) is 0 Å². The summed E-state index contributed by atoms with van der Waals surface area (Å²) in [5.74, 6) is 0. The molecule has 35 heavy (non-hydrogen) atoms. The number of hydrogen-bond acceptors (Lipinski definition) is 2. The van der Waals surface area contributed by atoms with Crippen molar-refractivity contribution in [3.63, 3.8) is 0 Å². The van der Waals surface area contributed by atoms with Crippen molar-refractivity contribution in [1.29, 1.82) is 0 Å². The molecule has 0 radical (unpaired) electrons. The minimum atomic E-state index is 1.20. The van der Waals surface area contributed by atoms with E-state index in [1.165, 1.54) is 174 Å². The quantitative estimate of drug-likeness (QED) is 0.0756. The van der Waals surface area contributed by atoms with Crippen LogP contribution in [0.2, 0.25) is 0 Å². The fraction of sp³-hybridized carbons (Fsp3) is 0.939. The summed E-state index contributed by atoms with van der Waals surface area (Å²) in [4.78, 5) is 5.08. The van der Waals surface area contributed by atoms with E-state index < -0.39 is 0 Å². The van der Waals surface area contributed by atoms with Gasteiger partial charge in [0.1, 0.15) is 0 Å². The lowest BCUT2D eigenvalue weighted by molar-refractivity contribution is 0.231. The van der Waals surface area contributed by atoms with Gasteiger partial charge in [0.15, 0.2) is 0 Å². The first-order valence-corrected chi connectivity index (χ1v) is 16.2. The Kier molecular flexibility index (Phi) is 29.6. The summed E-state index contributed by atoms with van der Waals surface area (Å²) in [6.45, 7) is 9.68. The Bertz CT molecular complexity index is 404. The van der Waals surface area contributed by atoms with Gasteiger partial charge in [0, 0.05) is 13.1 Å². The first-order chi connectivity index (χ1) is 17.2. The molecule has 0 rings (SSSR count). The van der Waals surface area contributed by atoms with Crippen molar-refractivity contribution in [2.75, 3.05) is 40.3 Å². The van der Waals surface area contributed by atoms with E-state index in [-0.39, 0.29) is 0 Å². The smallest absolute Gasteiger partial charge is 0.0109 e. The molecule has 210 valence electrons. The maximum absolute atomic E-state index is 2.74. The van der Waals surface area contributed by atoms with E-state index in [4.69, 9.17) is 0 Å². The van der Waals surface area contributed by atoms with Gasteiger partial charge in [-0.05, 0) is 65.7 Å². The zero-order chi connectivity index (χ0) is 25.7. The number of hydrogen-bond donors (Lipinski definition) is 0. The van der Waals surface area contributed by atoms with Crippen LogP contribution in [-0.4, -0.2) is 50.1 Å². The van der Waals surface area contributed by atoms with Crippen LogP contribution in [0.5, 0.6) is 0 Å². The summed E-state index contributed by atoms with van der Waals surface area (Å²) < 4.78 is 0. The second-order valence-corrected chi connectivity index (χ2v) is 11.4. The van der Waals surface area contributed by atoms with Crippen LogP contribution >= 0.6 is 0 Å². The molecule has 0 aliphatic carbocycles. The molecule has 0 aliphatic heterocycles. The SMILES string of the molecule is CCCCCCCCC=CCCCCCCCCCCN(CCCCCCCCC)CCN(C)C. The van der Waals surface area contributed by atoms with Crippen LogP contribution < -0.4 is 0 Å². The summed E-state index contributed by atoms with van der Waals surface area (Å²) in [5, 5.41) is 0. The van der Waals surface area contributed by atoms with E-state index in [1.54, 1.807) is 0 Å². The third-order valence-corrected chi connectivity index (χ3v) is 7.43. The minimum Gasteiger partial charge on any atom is -0.308 e. The fourth-order valence-electron chi connectivity index (χ4n) is 4.91. The summed E-state index contributed by atoms with van der Waals surface area (Å²) in [5.41, 5.74) is 0. The lowest BCUT2D eigenvalue weighted by Crippen LogP contribution is -2.33. The summed E-state index contributed by atoms with van der Waals surface area (Å²) in [7, 11) is 4.41. The second-order valence-electron chi connectivity index (χ2n) is 11.4. The van der Waals surface area contributed by atoms with E-state index in [0.29, 0.717) is 0 Å². The first kappa shape index (κ1) is 34.7. The largest absolute Gasteiger partial charge is 0.308 e. The maximum Gasteiger partial charge on any atom is 0.0109 e. The van der Waals surface area contributed by atoms with Crippen molar-refractivity contribution < 1.29 is 0 Å². The van der Waals surface area contributed by atoms with Crippen LogP contribution in [0.15, 0.2) is 12.2 Å². The standard InChI is InChI=1S/C33H68N2/c1-5-7-9-11-13-14-15-16-17-18-19-20-21-22-23-25-27-29-31-35(33-32-34(3)4)30-28-26-24-12-10-8-6-2/h16-17H,5-15,18-33H2,1-4H3. The lowest BCUT2D eigenvalue weighted by atomic mass is 10.1. The molecule has 0 fully saturated rings. The molecular formula is C33H68N2. The predicted molar refractivity (Wildman–Crippen MR) is 162 cm³/mol. The van der Waals surface area contributed by atoms with Crippen LogP contribution in [0.1, 0.15) is 162 Å². The Balaban J connectivity index is 3.54. The molecule has 0 unspecified atom stereocenters. The second kappa shape index (κ2) is 29.9. The summed E-state index contributed by atoms with van der Waals surface area (Å²) in [6.07, 6.45) is 37.3. The molecule has 0 bridgehead atoms. The Labute approximate surface area is 223 Å². The molecule has 0 atom stereocenters. The van der Waals surface area contributed by atoms with Crippen LogP contribution in [0.25, 0.3) is 0 Å². The van der Waals surface area contributed by atoms with Gasteiger partial charge >= 0.3 is 0 Å². The topological polar surface area (TPSA) is 6.48 Å². The zero-order valence-electron chi connectivity index (χ0n) is 25.1. The highest BCUT2D eigenvalue weighted by atomic mass is 15.2. The molecule has 0 aromatic rings. The van der Waals surface area contributed by atoms with Crippen molar-refractivity contribution in [2.45, 2.75) is 162 Å². The predicted octanol–water partition coefficient (Wildman–Crippen LogP) is 10.4. The maximum atomic E-state index is 2.74. The number of unbranched alkanes of at least 4 members (excludes halogenated alkanes) is 20. The Morgan fingerprint density at radius 2 is 0.714 bits per heavy atom. The van der Waals surface area contributed by atoms with Crippen molar-refractivity contribution in [3.8, 4) is 0 Å². The van der Waals surface area contributed by atoms with E-state index in [9.17, 15) is 0 Å². The van der Waals surface area contributed by atoms with Gasteiger partial charge in [-0.2, -0.15) is 0 Å². The molecule has 0 amide bonds. The number of likely N-dealkylation sites (N-methyl/N-ethyl adjacent to an activating group) is 1. The van der Waals surface area contributed by atoms with Crippen molar-refractivity contribution in [3.05, 3.63) is 12.2 Å². The molecule has 0 heterocycles. The Morgan fingerprint density at radius 3 is 1.09 bits per heavy atom. The van der Waals surface area contributed by atoms with E-state index in [2.05, 4.69) is 49.9 Å². The molecule has 2 nitrogen and oxygen atoms in total. The normalized spacial score (nSPS) is 12.1.